The van der Waals surface area contributed by atoms with Crippen molar-refractivity contribution in [3.05, 3.63) is 0 Å². The molecule has 3 unspecified atom stereocenters. The summed E-state index contributed by atoms with van der Waals surface area (Å²) in [5.41, 5.74) is -1.78. The van der Waals surface area contributed by atoms with Gasteiger partial charge in [-0.3, -0.25) is 4.79 Å². The molecule has 0 rings (SSSR count). The van der Waals surface area contributed by atoms with Crippen molar-refractivity contribution in [2.75, 3.05) is 7.11 Å². The van der Waals surface area contributed by atoms with Crippen LogP contribution in [0.15, 0.2) is 0 Å². The van der Waals surface area contributed by atoms with Crippen molar-refractivity contribution in [2.45, 2.75) is 58.8 Å². The molecule has 3 atom stereocenters. The van der Waals surface area contributed by atoms with E-state index in [0.717, 1.165) is 0 Å². The van der Waals surface area contributed by atoms with Gasteiger partial charge in [0.15, 0.2) is 0 Å². The first-order valence-corrected chi connectivity index (χ1v) is 5.50. The van der Waals surface area contributed by atoms with E-state index in [2.05, 4.69) is 0 Å². The highest BCUT2D eigenvalue weighted by molar-refractivity contribution is 5.74. The van der Waals surface area contributed by atoms with Gasteiger partial charge >= 0.3 is 5.97 Å². The van der Waals surface area contributed by atoms with Crippen LogP contribution >= 0.6 is 0 Å². The largest absolute Gasteiger partial charge is 0.460 e. The van der Waals surface area contributed by atoms with Crippen molar-refractivity contribution in [3.8, 4) is 0 Å². The molecule has 0 aliphatic heterocycles. The van der Waals surface area contributed by atoms with Gasteiger partial charge in [-0.05, 0) is 41.5 Å². The highest BCUT2D eigenvalue weighted by Crippen LogP contribution is 2.25. The van der Waals surface area contributed by atoms with Crippen molar-refractivity contribution in [3.63, 3.8) is 0 Å². The fourth-order valence-electron chi connectivity index (χ4n) is 1.22. The Bertz CT molecular complexity index is 240. The number of rotatable bonds is 4. The quantitative estimate of drug-likeness (QED) is 0.750. The van der Waals surface area contributed by atoms with Gasteiger partial charge in [-0.1, -0.05) is 0 Å². The first-order chi connectivity index (χ1) is 7.02. The summed E-state index contributed by atoms with van der Waals surface area (Å²) in [5, 5.41) is 10.2. The topological polar surface area (TPSA) is 55.8 Å². The molecule has 0 saturated carbocycles. The maximum atomic E-state index is 11.8. The molecule has 0 aromatic carbocycles. The molecule has 0 bridgehead atoms. The first-order valence-electron chi connectivity index (χ1n) is 5.50. The van der Waals surface area contributed by atoms with Gasteiger partial charge in [0, 0.05) is 7.11 Å². The van der Waals surface area contributed by atoms with Crippen molar-refractivity contribution in [1.29, 1.82) is 0 Å². The fraction of sp³-hybridized carbons (Fsp3) is 0.917. The highest BCUT2D eigenvalue weighted by atomic mass is 16.6. The molecule has 4 heteroatoms. The van der Waals surface area contributed by atoms with Gasteiger partial charge in [0.1, 0.15) is 11.2 Å². The zero-order chi connectivity index (χ0) is 13.1. The number of esters is 1. The zero-order valence-electron chi connectivity index (χ0n) is 11.3. The van der Waals surface area contributed by atoms with E-state index in [4.69, 9.17) is 9.47 Å². The van der Waals surface area contributed by atoms with E-state index in [0.29, 0.717) is 0 Å². The molecule has 4 nitrogen and oxygen atoms in total. The minimum atomic E-state index is -1.24. The van der Waals surface area contributed by atoms with Crippen LogP contribution in [0.4, 0.5) is 0 Å². The molecular weight excluding hydrogens is 208 g/mol. The number of carbonyl (C=O) groups is 1. The predicted molar refractivity (Wildman–Crippen MR) is 62.1 cm³/mol. The average molecular weight is 232 g/mol. The number of hydrogen-bond acceptors (Lipinski definition) is 4. The molecule has 16 heavy (non-hydrogen) atoms. The monoisotopic (exact) mass is 232 g/mol. The summed E-state index contributed by atoms with van der Waals surface area (Å²) in [6.07, 6.45) is -0.435. The number of hydrogen-bond donors (Lipinski definition) is 1. The summed E-state index contributed by atoms with van der Waals surface area (Å²) in [7, 11) is 1.50. The molecule has 0 aromatic rings. The Morgan fingerprint density at radius 3 is 1.94 bits per heavy atom. The lowest BCUT2D eigenvalue weighted by Crippen LogP contribution is -2.49. The molecule has 0 aliphatic rings. The van der Waals surface area contributed by atoms with E-state index in [-0.39, 0.29) is 0 Å². The Balaban J connectivity index is 4.66. The van der Waals surface area contributed by atoms with Gasteiger partial charge in [0.25, 0.3) is 0 Å². The van der Waals surface area contributed by atoms with Gasteiger partial charge in [-0.25, -0.2) is 0 Å². The molecule has 0 fully saturated rings. The number of aliphatic hydroxyl groups is 1. The zero-order valence-corrected chi connectivity index (χ0v) is 11.3. The molecule has 0 aromatic heterocycles. The molecule has 0 amide bonds. The van der Waals surface area contributed by atoms with E-state index < -0.39 is 29.2 Å². The standard InChI is InChI=1S/C12H24O4/c1-8(10(13)16-11(3,4)5)12(6,14)9(2)15-7/h8-9,14H,1-7H3. The van der Waals surface area contributed by atoms with Crippen LogP contribution in [0.3, 0.4) is 0 Å². The van der Waals surface area contributed by atoms with Gasteiger partial charge in [0.05, 0.1) is 12.0 Å². The van der Waals surface area contributed by atoms with Crippen LogP contribution in [0.5, 0.6) is 0 Å². The lowest BCUT2D eigenvalue weighted by molar-refractivity contribution is -0.176. The lowest BCUT2D eigenvalue weighted by atomic mass is 9.86. The summed E-state index contributed by atoms with van der Waals surface area (Å²) in [6.45, 7) is 10.3. The first kappa shape index (κ1) is 15.4. The third-order valence-corrected chi connectivity index (χ3v) is 2.81. The van der Waals surface area contributed by atoms with Gasteiger partial charge < -0.3 is 14.6 Å². The third kappa shape index (κ3) is 4.10. The minimum Gasteiger partial charge on any atom is -0.460 e. The summed E-state index contributed by atoms with van der Waals surface area (Å²) in [4.78, 5) is 11.8. The van der Waals surface area contributed by atoms with Crippen LogP contribution in [0, 0.1) is 5.92 Å². The second-order valence-electron chi connectivity index (χ2n) is 5.36. The minimum absolute atomic E-state index is 0.415. The summed E-state index contributed by atoms with van der Waals surface area (Å²) in [5.74, 6) is -1.05. The maximum absolute atomic E-state index is 11.8. The van der Waals surface area contributed by atoms with Crippen LogP contribution in [0.2, 0.25) is 0 Å². The second kappa shape index (κ2) is 5.15. The molecule has 0 heterocycles. The SMILES string of the molecule is COC(C)C(C)(O)C(C)C(=O)OC(C)(C)C. The molecule has 1 N–H and O–H groups in total. The van der Waals surface area contributed by atoms with Crippen LogP contribution in [-0.2, 0) is 14.3 Å². The van der Waals surface area contributed by atoms with Gasteiger partial charge in [-0.15, -0.1) is 0 Å². The summed E-state index contributed by atoms with van der Waals surface area (Å²) >= 11 is 0. The van der Waals surface area contributed by atoms with Crippen molar-refractivity contribution in [1.82, 2.24) is 0 Å². The van der Waals surface area contributed by atoms with Crippen molar-refractivity contribution >= 4 is 5.97 Å². The number of methoxy groups -OCH3 is 1. The van der Waals surface area contributed by atoms with Crippen LogP contribution < -0.4 is 0 Å². The molecule has 0 radical (unpaired) electrons. The number of carbonyl (C=O) groups excluding carboxylic acids is 1. The Kier molecular flexibility index (Phi) is 4.95. The predicted octanol–water partition coefficient (Wildman–Crippen LogP) is 1.75. The summed E-state index contributed by atoms with van der Waals surface area (Å²) in [6, 6.07) is 0. The van der Waals surface area contributed by atoms with Crippen LogP contribution in [0.25, 0.3) is 0 Å². The normalized spacial score (nSPS) is 19.8. The van der Waals surface area contributed by atoms with Crippen LogP contribution in [-0.4, -0.2) is 35.5 Å². The van der Waals surface area contributed by atoms with Crippen molar-refractivity contribution < 1.29 is 19.4 Å². The molecule has 0 aliphatic carbocycles. The Morgan fingerprint density at radius 1 is 1.19 bits per heavy atom. The molecular formula is C12H24O4. The van der Waals surface area contributed by atoms with E-state index >= 15 is 0 Å². The van der Waals surface area contributed by atoms with Gasteiger partial charge in [-0.2, -0.15) is 0 Å². The average Bonchev–Trinajstić information content (AvgIpc) is 2.12. The van der Waals surface area contributed by atoms with Crippen molar-refractivity contribution in [2.24, 2.45) is 5.92 Å². The maximum Gasteiger partial charge on any atom is 0.312 e. The van der Waals surface area contributed by atoms with E-state index in [1.807, 2.05) is 0 Å². The lowest BCUT2D eigenvalue weighted by Gasteiger charge is -2.35. The Labute approximate surface area is 97.9 Å². The smallest absolute Gasteiger partial charge is 0.312 e. The number of ether oxygens (including phenoxy) is 2. The molecule has 96 valence electrons. The molecule has 0 spiro atoms. The van der Waals surface area contributed by atoms with Crippen LogP contribution in [0.1, 0.15) is 41.5 Å². The van der Waals surface area contributed by atoms with E-state index in [9.17, 15) is 9.90 Å². The van der Waals surface area contributed by atoms with Gasteiger partial charge in [0.2, 0.25) is 0 Å². The van der Waals surface area contributed by atoms with E-state index in [1.165, 1.54) is 7.11 Å². The Hall–Kier alpha value is -0.610. The molecule has 0 saturated heterocycles. The summed E-state index contributed by atoms with van der Waals surface area (Å²) < 4.78 is 10.3. The van der Waals surface area contributed by atoms with E-state index in [1.54, 1.807) is 41.5 Å². The highest BCUT2D eigenvalue weighted by Gasteiger charge is 2.41. The fourth-order valence-corrected chi connectivity index (χ4v) is 1.22. The second-order valence-corrected chi connectivity index (χ2v) is 5.36. The third-order valence-electron chi connectivity index (χ3n) is 2.81. The Morgan fingerprint density at radius 2 is 1.62 bits per heavy atom.